The van der Waals surface area contributed by atoms with E-state index in [1.807, 2.05) is 6.92 Å². The summed E-state index contributed by atoms with van der Waals surface area (Å²) in [6.07, 6.45) is 0.938. The number of hydrogen-bond donors (Lipinski definition) is 1. The van der Waals surface area contributed by atoms with Crippen molar-refractivity contribution in [1.82, 2.24) is 4.90 Å². The number of thioether (sulfide) groups is 1. The largest absolute Gasteiger partial charge is 0.428 e. The molecule has 0 bridgehead atoms. The van der Waals surface area contributed by atoms with E-state index in [9.17, 15) is 14.4 Å². The summed E-state index contributed by atoms with van der Waals surface area (Å²) in [5, 5.41) is -0.216. The van der Waals surface area contributed by atoms with E-state index in [2.05, 4.69) is 0 Å². The Morgan fingerprint density at radius 3 is 2.81 bits per heavy atom. The lowest BCUT2D eigenvalue weighted by Crippen LogP contribution is -2.68. The SMILES string of the molecule is CCCC(=O)OCOC(=O)C1=C(C)CSC2C(N)C(=O)N12. The van der Waals surface area contributed by atoms with Gasteiger partial charge >= 0.3 is 11.9 Å². The second kappa shape index (κ2) is 6.48. The van der Waals surface area contributed by atoms with Crippen LogP contribution in [0.4, 0.5) is 0 Å². The van der Waals surface area contributed by atoms with Crippen molar-refractivity contribution >= 4 is 29.6 Å². The van der Waals surface area contributed by atoms with Crippen LogP contribution >= 0.6 is 11.8 Å². The molecule has 2 unspecified atom stereocenters. The summed E-state index contributed by atoms with van der Waals surface area (Å²) in [4.78, 5) is 36.4. The minimum Gasteiger partial charge on any atom is -0.428 e. The summed E-state index contributed by atoms with van der Waals surface area (Å²) in [6.45, 7) is 3.17. The molecule has 2 rings (SSSR count). The fourth-order valence-corrected chi connectivity index (χ4v) is 3.39. The molecule has 0 aromatic rings. The van der Waals surface area contributed by atoms with Crippen LogP contribution < -0.4 is 5.73 Å². The molecule has 2 heterocycles. The molecule has 21 heavy (non-hydrogen) atoms. The lowest BCUT2D eigenvalue weighted by molar-refractivity contribution is -0.167. The van der Waals surface area contributed by atoms with Crippen LogP contribution in [-0.4, -0.2) is 46.7 Å². The van der Waals surface area contributed by atoms with Crippen molar-refractivity contribution in [3.8, 4) is 0 Å². The molecule has 0 spiro atoms. The molecule has 2 atom stereocenters. The summed E-state index contributed by atoms with van der Waals surface area (Å²) in [5.41, 5.74) is 6.67. The van der Waals surface area contributed by atoms with Crippen molar-refractivity contribution in [2.75, 3.05) is 12.5 Å². The van der Waals surface area contributed by atoms with Crippen LogP contribution in [0.1, 0.15) is 26.7 Å². The Balaban J connectivity index is 1.95. The monoisotopic (exact) mass is 314 g/mol. The first-order valence-corrected chi connectivity index (χ1v) is 7.75. The van der Waals surface area contributed by atoms with E-state index in [0.29, 0.717) is 12.2 Å². The van der Waals surface area contributed by atoms with Crippen LogP contribution in [0.25, 0.3) is 0 Å². The molecule has 0 aromatic carbocycles. The second-order valence-electron chi connectivity index (χ2n) is 4.88. The average Bonchev–Trinajstić information content (AvgIpc) is 2.46. The number of rotatable bonds is 5. The van der Waals surface area contributed by atoms with Gasteiger partial charge in [0.25, 0.3) is 0 Å². The van der Waals surface area contributed by atoms with Crippen LogP contribution in [0.3, 0.4) is 0 Å². The van der Waals surface area contributed by atoms with E-state index in [4.69, 9.17) is 15.2 Å². The van der Waals surface area contributed by atoms with Gasteiger partial charge in [-0.1, -0.05) is 6.92 Å². The molecule has 0 radical (unpaired) electrons. The summed E-state index contributed by atoms with van der Waals surface area (Å²) in [5.74, 6) is -0.763. The fraction of sp³-hybridized carbons (Fsp3) is 0.615. The number of amides is 1. The normalized spacial score (nSPS) is 24.3. The topological polar surface area (TPSA) is 98.9 Å². The van der Waals surface area contributed by atoms with Crippen LogP contribution in [0.2, 0.25) is 0 Å². The number of fused-ring (bicyclic) bond motifs is 1. The number of carbonyl (C=O) groups excluding carboxylic acids is 3. The number of nitrogens with zero attached hydrogens (tertiary/aromatic N) is 1. The molecule has 0 aliphatic carbocycles. The van der Waals surface area contributed by atoms with E-state index in [0.717, 1.165) is 5.57 Å². The van der Waals surface area contributed by atoms with Gasteiger partial charge < -0.3 is 15.2 Å². The van der Waals surface area contributed by atoms with Gasteiger partial charge in [0, 0.05) is 12.2 Å². The van der Waals surface area contributed by atoms with Crippen molar-refractivity contribution in [3.63, 3.8) is 0 Å². The zero-order chi connectivity index (χ0) is 15.6. The van der Waals surface area contributed by atoms with Gasteiger partial charge in [0.2, 0.25) is 12.7 Å². The first kappa shape index (κ1) is 15.8. The number of hydrogen-bond acceptors (Lipinski definition) is 7. The van der Waals surface area contributed by atoms with E-state index in [1.165, 1.54) is 16.7 Å². The van der Waals surface area contributed by atoms with Crippen molar-refractivity contribution < 1.29 is 23.9 Å². The molecule has 0 saturated carbocycles. The Morgan fingerprint density at radius 1 is 1.43 bits per heavy atom. The van der Waals surface area contributed by atoms with Gasteiger partial charge in [0.05, 0.1) is 0 Å². The zero-order valence-corrected chi connectivity index (χ0v) is 12.8. The molecular weight excluding hydrogens is 296 g/mol. The van der Waals surface area contributed by atoms with Gasteiger partial charge in [-0.3, -0.25) is 14.5 Å². The minimum atomic E-state index is -0.664. The van der Waals surface area contributed by atoms with Crippen molar-refractivity contribution in [1.29, 1.82) is 0 Å². The van der Waals surface area contributed by atoms with E-state index in [1.54, 1.807) is 6.92 Å². The summed E-state index contributed by atoms with van der Waals surface area (Å²) in [6, 6.07) is -0.576. The fourth-order valence-electron chi connectivity index (χ4n) is 2.15. The molecule has 0 aromatic heterocycles. The predicted octanol–water partition coefficient (Wildman–Crippen LogP) is 0.347. The van der Waals surface area contributed by atoms with Crippen LogP contribution in [0.15, 0.2) is 11.3 Å². The molecule has 1 saturated heterocycles. The predicted molar refractivity (Wildman–Crippen MR) is 75.7 cm³/mol. The van der Waals surface area contributed by atoms with Gasteiger partial charge in [-0.05, 0) is 18.9 Å². The Morgan fingerprint density at radius 2 is 2.14 bits per heavy atom. The number of nitrogens with two attached hydrogens (primary N) is 1. The van der Waals surface area contributed by atoms with Crippen molar-refractivity contribution in [2.45, 2.75) is 38.1 Å². The highest BCUT2D eigenvalue weighted by Crippen LogP contribution is 2.39. The summed E-state index contributed by atoms with van der Waals surface area (Å²) >= 11 is 1.52. The molecule has 2 N–H and O–H groups in total. The van der Waals surface area contributed by atoms with Gasteiger partial charge in [0.15, 0.2) is 0 Å². The first-order valence-electron chi connectivity index (χ1n) is 6.70. The Labute approximate surface area is 126 Å². The Hall–Kier alpha value is -1.54. The maximum Gasteiger partial charge on any atom is 0.357 e. The van der Waals surface area contributed by atoms with Crippen molar-refractivity contribution in [2.24, 2.45) is 5.73 Å². The number of esters is 2. The third kappa shape index (κ3) is 3.06. The van der Waals surface area contributed by atoms with Crippen LogP contribution in [-0.2, 0) is 23.9 Å². The lowest BCUT2D eigenvalue weighted by Gasteiger charge is -2.47. The van der Waals surface area contributed by atoms with Crippen LogP contribution in [0.5, 0.6) is 0 Å². The number of β-lactam (4-membered cyclic amide) rings is 1. The minimum absolute atomic E-state index is 0.216. The quantitative estimate of drug-likeness (QED) is 0.444. The lowest BCUT2D eigenvalue weighted by atomic mass is 10.0. The second-order valence-corrected chi connectivity index (χ2v) is 5.99. The maximum atomic E-state index is 12.1. The van der Waals surface area contributed by atoms with Crippen LogP contribution in [0, 0.1) is 0 Å². The average molecular weight is 314 g/mol. The highest BCUT2D eigenvalue weighted by Gasteiger charge is 2.51. The van der Waals surface area contributed by atoms with Gasteiger partial charge in [0.1, 0.15) is 17.1 Å². The highest BCUT2D eigenvalue weighted by molar-refractivity contribution is 8.00. The standard InChI is InChI=1S/C13H18N2O5S/c1-3-4-8(16)19-6-20-13(18)10-7(2)5-21-12-9(14)11(17)15(10)12/h9,12H,3-6,14H2,1-2H3. The third-order valence-corrected chi connectivity index (χ3v) is 4.70. The number of carbonyl (C=O) groups is 3. The van der Waals surface area contributed by atoms with E-state index in [-0.39, 0.29) is 23.4 Å². The van der Waals surface area contributed by atoms with Gasteiger partial charge in [-0.2, -0.15) is 0 Å². The Bertz CT molecular complexity index is 505. The maximum absolute atomic E-state index is 12.1. The van der Waals surface area contributed by atoms with Crippen molar-refractivity contribution in [3.05, 3.63) is 11.3 Å². The molecule has 116 valence electrons. The molecule has 1 amide bonds. The smallest absolute Gasteiger partial charge is 0.357 e. The first-order chi connectivity index (χ1) is 9.97. The Kier molecular flexibility index (Phi) is 4.89. The molecule has 7 nitrogen and oxygen atoms in total. The molecular formula is C13H18N2O5S. The summed E-state index contributed by atoms with van der Waals surface area (Å²) < 4.78 is 9.69. The van der Waals surface area contributed by atoms with E-state index < -0.39 is 24.8 Å². The molecule has 1 fully saturated rings. The molecule has 2 aliphatic rings. The summed E-state index contributed by atoms with van der Waals surface area (Å²) in [7, 11) is 0. The highest BCUT2D eigenvalue weighted by atomic mass is 32.2. The number of ether oxygens (including phenoxy) is 2. The van der Waals surface area contributed by atoms with Gasteiger partial charge in [-0.15, -0.1) is 11.8 Å². The van der Waals surface area contributed by atoms with E-state index >= 15 is 0 Å². The third-order valence-electron chi connectivity index (χ3n) is 3.26. The molecule has 8 heteroatoms. The molecule has 2 aliphatic heterocycles. The zero-order valence-electron chi connectivity index (χ0n) is 12.0. The van der Waals surface area contributed by atoms with Gasteiger partial charge in [-0.25, -0.2) is 4.79 Å².